The molecule has 8 nitrogen and oxygen atoms in total. The molecule has 0 radical (unpaired) electrons. The molecule has 2 aliphatic rings. The molecule has 2 saturated heterocycles. The van der Waals surface area contributed by atoms with Gasteiger partial charge in [0.25, 0.3) is 11.7 Å². The van der Waals surface area contributed by atoms with Crippen LogP contribution in [0.1, 0.15) is 24.1 Å². The predicted molar refractivity (Wildman–Crippen MR) is 118 cm³/mol. The molecule has 168 valence electrons. The SMILES string of the molecule is CCOc1cccc(/C(O)=C2\C(=O)C(=O)N(CCN3CCOCC3)[C@@H]2c2cccnc2)c1. The highest BCUT2D eigenvalue weighted by Crippen LogP contribution is 2.39. The van der Waals surface area contributed by atoms with Crippen LogP contribution in [0.5, 0.6) is 5.75 Å². The minimum Gasteiger partial charge on any atom is -0.507 e. The second-order valence-electron chi connectivity index (χ2n) is 7.69. The Bertz CT molecular complexity index is 1000. The quantitative estimate of drug-likeness (QED) is 0.403. The maximum Gasteiger partial charge on any atom is 0.295 e. The lowest BCUT2D eigenvalue weighted by Gasteiger charge is -2.30. The summed E-state index contributed by atoms with van der Waals surface area (Å²) in [5.41, 5.74) is 1.17. The highest BCUT2D eigenvalue weighted by molar-refractivity contribution is 6.46. The van der Waals surface area contributed by atoms with Crippen molar-refractivity contribution in [3.63, 3.8) is 0 Å². The molecule has 2 aromatic rings. The van der Waals surface area contributed by atoms with Crippen molar-refractivity contribution >= 4 is 17.4 Å². The van der Waals surface area contributed by atoms with Crippen molar-refractivity contribution in [2.24, 2.45) is 0 Å². The number of pyridine rings is 1. The summed E-state index contributed by atoms with van der Waals surface area (Å²) in [6, 6.07) is 9.75. The van der Waals surface area contributed by atoms with Crippen LogP contribution in [0, 0.1) is 0 Å². The molecule has 1 N–H and O–H groups in total. The summed E-state index contributed by atoms with van der Waals surface area (Å²) in [4.78, 5) is 34.0. The minimum absolute atomic E-state index is 0.0682. The number of aromatic nitrogens is 1. The van der Waals surface area contributed by atoms with Gasteiger partial charge in [-0.2, -0.15) is 0 Å². The van der Waals surface area contributed by atoms with Gasteiger partial charge >= 0.3 is 0 Å². The lowest BCUT2D eigenvalue weighted by molar-refractivity contribution is -0.140. The molecule has 2 aliphatic heterocycles. The highest BCUT2D eigenvalue weighted by Gasteiger charge is 2.46. The fourth-order valence-corrected chi connectivity index (χ4v) is 4.12. The van der Waals surface area contributed by atoms with E-state index in [1.54, 1.807) is 42.7 Å². The molecule has 0 spiro atoms. The first kappa shape index (κ1) is 22.0. The third-order valence-electron chi connectivity index (χ3n) is 5.72. The molecular weight excluding hydrogens is 410 g/mol. The topological polar surface area (TPSA) is 92.2 Å². The zero-order valence-corrected chi connectivity index (χ0v) is 18.1. The number of carbonyl (C=O) groups is 2. The summed E-state index contributed by atoms with van der Waals surface area (Å²) in [7, 11) is 0. The summed E-state index contributed by atoms with van der Waals surface area (Å²) in [5.74, 6) is -0.946. The Morgan fingerprint density at radius 2 is 2.00 bits per heavy atom. The molecule has 1 amide bonds. The Hall–Kier alpha value is -3.23. The van der Waals surface area contributed by atoms with Gasteiger partial charge in [-0.05, 0) is 30.7 Å². The van der Waals surface area contributed by atoms with Gasteiger partial charge in [0.1, 0.15) is 11.5 Å². The number of morpholine rings is 1. The van der Waals surface area contributed by atoms with E-state index in [1.807, 2.05) is 13.0 Å². The van der Waals surface area contributed by atoms with Crippen LogP contribution in [0.25, 0.3) is 5.76 Å². The summed E-state index contributed by atoms with van der Waals surface area (Å²) in [6.07, 6.45) is 3.26. The second-order valence-corrected chi connectivity index (χ2v) is 7.69. The van der Waals surface area contributed by atoms with E-state index in [4.69, 9.17) is 9.47 Å². The molecule has 4 rings (SSSR count). The normalized spacial score (nSPS) is 21.2. The average molecular weight is 437 g/mol. The van der Waals surface area contributed by atoms with Crippen LogP contribution in [-0.2, 0) is 14.3 Å². The van der Waals surface area contributed by atoms with Crippen LogP contribution in [0.3, 0.4) is 0 Å². The predicted octanol–water partition coefficient (Wildman–Crippen LogP) is 2.23. The molecule has 1 aromatic heterocycles. The number of rotatable bonds is 7. The number of nitrogens with zero attached hydrogens (tertiary/aromatic N) is 3. The number of ketones is 1. The largest absolute Gasteiger partial charge is 0.507 e. The average Bonchev–Trinajstić information content (AvgIpc) is 3.09. The Balaban J connectivity index is 1.71. The van der Waals surface area contributed by atoms with Crippen LogP contribution < -0.4 is 4.74 Å². The van der Waals surface area contributed by atoms with Gasteiger partial charge in [-0.25, -0.2) is 0 Å². The van der Waals surface area contributed by atoms with Gasteiger partial charge in [0.15, 0.2) is 0 Å². The van der Waals surface area contributed by atoms with E-state index in [2.05, 4.69) is 9.88 Å². The first-order chi connectivity index (χ1) is 15.6. The van der Waals surface area contributed by atoms with Gasteiger partial charge in [-0.3, -0.25) is 19.5 Å². The Morgan fingerprint density at radius 3 is 2.72 bits per heavy atom. The minimum atomic E-state index is -0.708. The smallest absolute Gasteiger partial charge is 0.295 e. The third kappa shape index (κ3) is 4.51. The fraction of sp³-hybridized carbons (Fsp3) is 0.375. The van der Waals surface area contributed by atoms with Crippen molar-refractivity contribution < 1.29 is 24.2 Å². The molecular formula is C24H27N3O5. The molecule has 0 aliphatic carbocycles. The zero-order chi connectivity index (χ0) is 22.5. The van der Waals surface area contributed by atoms with Crippen molar-refractivity contribution in [3.8, 4) is 5.75 Å². The summed E-state index contributed by atoms with van der Waals surface area (Å²) >= 11 is 0. The molecule has 2 fully saturated rings. The van der Waals surface area contributed by atoms with Crippen molar-refractivity contribution in [3.05, 3.63) is 65.5 Å². The molecule has 32 heavy (non-hydrogen) atoms. The van der Waals surface area contributed by atoms with E-state index < -0.39 is 17.7 Å². The number of ether oxygens (including phenoxy) is 2. The Labute approximate surface area is 187 Å². The van der Waals surface area contributed by atoms with Gasteiger partial charge in [0, 0.05) is 44.1 Å². The molecule has 0 unspecified atom stereocenters. The number of carbonyl (C=O) groups excluding carboxylic acids is 2. The first-order valence-electron chi connectivity index (χ1n) is 10.8. The van der Waals surface area contributed by atoms with Gasteiger partial charge in [-0.15, -0.1) is 0 Å². The zero-order valence-electron chi connectivity index (χ0n) is 18.1. The van der Waals surface area contributed by atoms with Crippen molar-refractivity contribution in [2.45, 2.75) is 13.0 Å². The van der Waals surface area contributed by atoms with E-state index in [1.165, 1.54) is 4.90 Å². The maximum atomic E-state index is 13.1. The van der Waals surface area contributed by atoms with E-state index >= 15 is 0 Å². The van der Waals surface area contributed by atoms with Gasteiger partial charge in [0.05, 0.1) is 31.4 Å². The molecule has 0 bridgehead atoms. The van der Waals surface area contributed by atoms with Crippen LogP contribution >= 0.6 is 0 Å². The number of aliphatic hydroxyl groups excluding tert-OH is 1. The standard InChI is InChI=1S/C24H27N3O5/c1-2-32-19-7-3-5-17(15-19)22(28)20-21(18-6-4-8-25-16-18)27(24(30)23(20)29)10-9-26-11-13-31-14-12-26/h3-8,15-16,21,28H,2,9-14H2,1H3/b22-20+/t21-/m1/s1. The van der Waals surface area contributed by atoms with Gasteiger partial charge < -0.3 is 19.5 Å². The number of benzene rings is 1. The van der Waals surface area contributed by atoms with Crippen LogP contribution in [0.15, 0.2) is 54.4 Å². The third-order valence-corrected chi connectivity index (χ3v) is 5.72. The molecule has 1 atom stereocenters. The fourth-order valence-electron chi connectivity index (χ4n) is 4.12. The molecule has 3 heterocycles. The summed E-state index contributed by atoms with van der Waals surface area (Å²) in [5, 5.41) is 11.1. The van der Waals surface area contributed by atoms with E-state index in [9.17, 15) is 14.7 Å². The van der Waals surface area contributed by atoms with Crippen molar-refractivity contribution in [2.75, 3.05) is 46.0 Å². The molecule has 8 heteroatoms. The lowest BCUT2D eigenvalue weighted by atomic mass is 9.96. The highest BCUT2D eigenvalue weighted by atomic mass is 16.5. The lowest BCUT2D eigenvalue weighted by Crippen LogP contribution is -2.42. The maximum absolute atomic E-state index is 13.1. The number of amides is 1. The van der Waals surface area contributed by atoms with E-state index in [0.29, 0.717) is 49.8 Å². The van der Waals surface area contributed by atoms with Gasteiger partial charge in [0.2, 0.25) is 0 Å². The number of aliphatic hydroxyl groups is 1. The molecule has 0 saturated carbocycles. The first-order valence-corrected chi connectivity index (χ1v) is 10.8. The second kappa shape index (κ2) is 9.93. The number of Topliss-reactive ketones (excluding diaryl/α,β-unsaturated/α-hetero) is 1. The van der Waals surface area contributed by atoms with Crippen molar-refractivity contribution in [1.82, 2.24) is 14.8 Å². The number of hydrogen-bond donors (Lipinski definition) is 1. The van der Waals surface area contributed by atoms with E-state index in [-0.39, 0.29) is 11.3 Å². The number of hydrogen-bond acceptors (Lipinski definition) is 7. The molecule has 1 aromatic carbocycles. The van der Waals surface area contributed by atoms with Gasteiger partial charge in [-0.1, -0.05) is 18.2 Å². The summed E-state index contributed by atoms with van der Waals surface area (Å²) < 4.78 is 10.9. The Morgan fingerprint density at radius 1 is 1.19 bits per heavy atom. The van der Waals surface area contributed by atoms with Crippen LogP contribution in [0.2, 0.25) is 0 Å². The van der Waals surface area contributed by atoms with Crippen molar-refractivity contribution in [1.29, 1.82) is 0 Å². The van der Waals surface area contributed by atoms with Crippen LogP contribution in [0.4, 0.5) is 0 Å². The van der Waals surface area contributed by atoms with Crippen LogP contribution in [-0.4, -0.2) is 77.6 Å². The van der Waals surface area contributed by atoms with E-state index in [0.717, 1.165) is 13.1 Å². The summed E-state index contributed by atoms with van der Waals surface area (Å²) in [6.45, 7) is 6.20. The monoisotopic (exact) mass is 437 g/mol. The number of likely N-dealkylation sites (tertiary alicyclic amines) is 1. The Kier molecular flexibility index (Phi) is 6.82.